The fourth-order valence-corrected chi connectivity index (χ4v) is 3.74. The van der Waals surface area contributed by atoms with Gasteiger partial charge in [-0.05, 0) is 56.2 Å². The van der Waals surface area contributed by atoms with Crippen molar-refractivity contribution in [2.75, 3.05) is 18.5 Å². The summed E-state index contributed by atoms with van der Waals surface area (Å²) in [5.41, 5.74) is 2.64. The number of para-hydroxylation sites is 1. The Hall–Kier alpha value is -2.96. The van der Waals surface area contributed by atoms with Gasteiger partial charge in [-0.2, -0.15) is 0 Å². The monoisotopic (exact) mass is 423 g/mol. The molecule has 1 aromatic heterocycles. The lowest BCUT2D eigenvalue weighted by atomic mass is 10.1. The molecule has 7 heteroatoms. The smallest absolute Gasteiger partial charge is 0.257 e. The number of rotatable bonds is 5. The molecule has 0 bridgehead atoms. The van der Waals surface area contributed by atoms with E-state index in [1.54, 1.807) is 49.4 Å². The van der Waals surface area contributed by atoms with Crippen LogP contribution in [0, 0.1) is 6.92 Å². The Labute approximate surface area is 179 Å². The van der Waals surface area contributed by atoms with Gasteiger partial charge in [-0.25, -0.2) is 0 Å². The first-order valence-electron chi connectivity index (χ1n) is 9.88. The van der Waals surface area contributed by atoms with E-state index < -0.39 is 0 Å². The molecule has 2 aromatic carbocycles. The van der Waals surface area contributed by atoms with E-state index in [1.807, 2.05) is 6.07 Å². The molecule has 0 radical (unpaired) electrons. The van der Waals surface area contributed by atoms with Gasteiger partial charge in [0.1, 0.15) is 0 Å². The quantitative estimate of drug-likeness (QED) is 0.639. The van der Waals surface area contributed by atoms with Crippen molar-refractivity contribution in [2.24, 2.45) is 0 Å². The van der Waals surface area contributed by atoms with Crippen LogP contribution in [-0.4, -0.2) is 36.1 Å². The summed E-state index contributed by atoms with van der Waals surface area (Å²) in [5, 5.41) is 7.10. The highest BCUT2D eigenvalue weighted by atomic mass is 35.5. The fourth-order valence-electron chi connectivity index (χ4n) is 3.56. The van der Waals surface area contributed by atoms with E-state index in [-0.39, 0.29) is 17.9 Å². The summed E-state index contributed by atoms with van der Waals surface area (Å²) in [5.74, 6) is -0.581. The minimum atomic E-state index is -0.332. The molecule has 1 atom stereocenters. The van der Waals surface area contributed by atoms with Crippen LogP contribution >= 0.6 is 11.6 Å². The van der Waals surface area contributed by atoms with Crippen molar-refractivity contribution in [1.82, 2.24) is 10.3 Å². The van der Waals surface area contributed by atoms with E-state index in [1.165, 1.54) is 0 Å². The minimum absolute atomic E-state index is 0.0499. The van der Waals surface area contributed by atoms with Gasteiger partial charge in [0.05, 0.1) is 34.1 Å². The number of amides is 2. The largest absolute Gasteiger partial charge is 0.376 e. The maximum absolute atomic E-state index is 13.0. The second-order valence-corrected chi connectivity index (χ2v) is 7.74. The number of pyridine rings is 1. The Morgan fingerprint density at radius 1 is 1.13 bits per heavy atom. The molecule has 6 nitrogen and oxygen atoms in total. The second-order valence-electron chi connectivity index (χ2n) is 7.30. The average molecular weight is 424 g/mol. The van der Waals surface area contributed by atoms with Crippen molar-refractivity contribution >= 4 is 40.0 Å². The van der Waals surface area contributed by atoms with Crippen LogP contribution in [-0.2, 0) is 4.74 Å². The molecule has 1 saturated heterocycles. The first-order chi connectivity index (χ1) is 14.5. The summed E-state index contributed by atoms with van der Waals surface area (Å²) in [6.07, 6.45) is 2.00. The third-order valence-corrected chi connectivity index (χ3v) is 5.38. The SMILES string of the molecule is Cc1nc2ccc(Cl)cc2cc1C(=O)Nc1ccccc1C(=O)NCC1CCCO1. The molecule has 3 aromatic rings. The van der Waals surface area contributed by atoms with Crippen LogP contribution in [0.25, 0.3) is 10.9 Å². The number of nitrogens with one attached hydrogen (secondary N) is 2. The summed E-state index contributed by atoms with van der Waals surface area (Å²) in [6, 6.07) is 14.1. The Morgan fingerprint density at radius 3 is 2.77 bits per heavy atom. The van der Waals surface area contributed by atoms with Gasteiger partial charge in [0.2, 0.25) is 0 Å². The molecule has 2 heterocycles. The zero-order valence-electron chi connectivity index (χ0n) is 16.6. The van der Waals surface area contributed by atoms with Crippen LogP contribution in [0.3, 0.4) is 0 Å². The van der Waals surface area contributed by atoms with E-state index in [4.69, 9.17) is 16.3 Å². The summed E-state index contributed by atoms with van der Waals surface area (Å²) in [6.45, 7) is 2.97. The summed E-state index contributed by atoms with van der Waals surface area (Å²) < 4.78 is 5.55. The lowest BCUT2D eigenvalue weighted by Gasteiger charge is -2.14. The number of carbonyl (C=O) groups excluding carboxylic acids is 2. The number of aromatic nitrogens is 1. The summed E-state index contributed by atoms with van der Waals surface area (Å²) in [4.78, 5) is 30.1. The van der Waals surface area contributed by atoms with Crippen LogP contribution in [0.5, 0.6) is 0 Å². The van der Waals surface area contributed by atoms with Crippen LogP contribution in [0.15, 0.2) is 48.5 Å². The molecule has 1 aliphatic rings. The predicted molar refractivity (Wildman–Crippen MR) is 117 cm³/mol. The highest BCUT2D eigenvalue weighted by Gasteiger charge is 2.19. The van der Waals surface area contributed by atoms with Crippen LogP contribution in [0.2, 0.25) is 5.02 Å². The molecule has 4 rings (SSSR count). The molecule has 2 amide bonds. The van der Waals surface area contributed by atoms with Crippen molar-refractivity contribution in [3.63, 3.8) is 0 Å². The van der Waals surface area contributed by atoms with E-state index in [9.17, 15) is 9.59 Å². The number of ether oxygens (including phenoxy) is 1. The van der Waals surface area contributed by atoms with Gasteiger partial charge < -0.3 is 15.4 Å². The van der Waals surface area contributed by atoms with Crippen molar-refractivity contribution in [3.8, 4) is 0 Å². The molecule has 1 fully saturated rings. The Balaban J connectivity index is 1.54. The van der Waals surface area contributed by atoms with E-state index in [0.717, 1.165) is 30.4 Å². The minimum Gasteiger partial charge on any atom is -0.376 e. The van der Waals surface area contributed by atoms with Gasteiger partial charge in [0.25, 0.3) is 11.8 Å². The Morgan fingerprint density at radius 2 is 1.97 bits per heavy atom. The standard InChI is InChI=1S/C23H22ClN3O3/c1-14-19(12-15-11-16(24)8-9-20(15)26-14)23(29)27-21-7-3-2-6-18(21)22(28)25-13-17-5-4-10-30-17/h2-3,6-9,11-12,17H,4-5,10,13H2,1H3,(H,25,28)(H,27,29). The molecule has 154 valence electrons. The first kappa shape index (κ1) is 20.3. The van der Waals surface area contributed by atoms with E-state index in [2.05, 4.69) is 15.6 Å². The maximum atomic E-state index is 13.0. The van der Waals surface area contributed by atoms with Gasteiger partial charge in [0.15, 0.2) is 0 Å². The number of hydrogen-bond donors (Lipinski definition) is 2. The lowest BCUT2D eigenvalue weighted by molar-refractivity contribution is 0.0858. The summed E-state index contributed by atoms with van der Waals surface area (Å²) in [7, 11) is 0. The number of halogens is 1. The number of fused-ring (bicyclic) bond motifs is 1. The molecule has 2 N–H and O–H groups in total. The number of carbonyl (C=O) groups is 2. The van der Waals surface area contributed by atoms with E-state index >= 15 is 0 Å². The third-order valence-electron chi connectivity index (χ3n) is 5.15. The zero-order valence-corrected chi connectivity index (χ0v) is 17.3. The maximum Gasteiger partial charge on any atom is 0.257 e. The molecule has 1 unspecified atom stereocenters. The number of hydrogen-bond acceptors (Lipinski definition) is 4. The number of aryl methyl sites for hydroxylation is 1. The van der Waals surface area contributed by atoms with Crippen molar-refractivity contribution in [1.29, 1.82) is 0 Å². The number of benzene rings is 2. The molecule has 0 spiro atoms. The van der Waals surface area contributed by atoms with Crippen molar-refractivity contribution in [3.05, 3.63) is 70.4 Å². The van der Waals surface area contributed by atoms with Gasteiger partial charge in [0, 0.05) is 23.6 Å². The van der Waals surface area contributed by atoms with Gasteiger partial charge in [-0.1, -0.05) is 23.7 Å². The average Bonchev–Trinajstić information content (AvgIpc) is 3.26. The van der Waals surface area contributed by atoms with Gasteiger partial charge in [-0.3, -0.25) is 14.6 Å². The topological polar surface area (TPSA) is 80.3 Å². The second kappa shape index (κ2) is 8.81. The van der Waals surface area contributed by atoms with Crippen LogP contribution in [0.4, 0.5) is 5.69 Å². The predicted octanol–water partition coefficient (Wildman–Crippen LogP) is 4.36. The Bertz CT molecular complexity index is 1110. The van der Waals surface area contributed by atoms with Gasteiger partial charge in [-0.15, -0.1) is 0 Å². The van der Waals surface area contributed by atoms with Crippen LogP contribution < -0.4 is 10.6 Å². The molecular weight excluding hydrogens is 402 g/mol. The zero-order chi connectivity index (χ0) is 21.1. The number of nitrogens with zero attached hydrogens (tertiary/aromatic N) is 1. The fraction of sp³-hybridized carbons (Fsp3) is 0.261. The number of anilines is 1. The Kier molecular flexibility index (Phi) is 5.97. The highest BCUT2D eigenvalue weighted by molar-refractivity contribution is 6.31. The van der Waals surface area contributed by atoms with Crippen LogP contribution in [0.1, 0.15) is 39.3 Å². The lowest BCUT2D eigenvalue weighted by Crippen LogP contribution is -2.32. The molecule has 0 saturated carbocycles. The van der Waals surface area contributed by atoms with Crippen molar-refractivity contribution < 1.29 is 14.3 Å². The molecule has 30 heavy (non-hydrogen) atoms. The summed E-state index contributed by atoms with van der Waals surface area (Å²) >= 11 is 6.07. The highest BCUT2D eigenvalue weighted by Crippen LogP contribution is 2.22. The van der Waals surface area contributed by atoms with Crippen molar-refractivity contribution in [2.45, 2.75) is 25.9 Å². The van der Waals surface area contributed by atoms with E-state index in [0.29, 0.717) is 34.1 Å². The molecule has 1 aliphatic heterocycles. The first-order valence-corrected chi connectivity index (χ1v) is 10.3. The molecular formula is C23H22ClN3O3. The normalized spacial score (nSPS) is 15.9. The van der Waals surface area contributed by atoms with Gasteiger partial charge >= 0.3 is 0 Å². The third kappa shape index (κ3) is 4.45. The molecule has 0 aliphatic carbocycles.